The number of nitrogens with one attached hydrogen (secondary N) is 1. The van der Waals surface area contributed by atoms with E-state index in [-0.39, 0.29) is 5.91 Å². The Morgan fingerprint density at radius 3 is 2.54 bits per heavy atom. The molecule has 0 aliphatic heterocycles. The Morgan fingerprint density at radius 1 is 1.25 bits per heavy atom. The molecule has 0 saturated heterocycles. The molecule has 1 amide bonds. The Kier molecular flexibility index (Phi) is 3.82. The van der Waals surface area contributed by atoms with Gasteiger partial charge in [-0.05, 0) is 70.3 Å². The van der Waals surface area contributed by atoms with Crippen LogP contribution in [0.4, 0.5) is 0 Å². The van der Waals surface area contributed by atoms with Gasteiger partial charge in [-0.1, -0.05) is 0 Å². The standard InChI is InChI=1S/C19H26N4O/c1-11-10-17-20-12(2)16(13(3)23(17)22-11)8-9-18(24)21-19(14-4-5-14)15-6-7-15/h10,14-15,19H,4-9H2,1-3H3,(H,21,24). The Labute approximate surface area is 142 Å². The predicted octanol–water partition coefficient (Wildman–Crippen LogP) is 2.89. The molecule has 5 nitrogen and oxygen atoms in total. The first kappa shape index (κ1) is 15.6. The second-order valence-corrected chi connectivity index (χ2v) is 7.59. The van der Waals surface area contributed by atoms with Crippen LogP contribution in [0.15, 0.2) is 6.07 Å². The number of amides is 1. The summed E-state index contributed by atoms with van der Waals surface area (Å²) in [6.45, 7) is 6.07. The number of nitrogens with zero attached hydrogens (tertiary/aromatic N) is 3. The third kappa shape index (κ3) is 3.04. The molecule has 2 aromatic heterocycles. The Morgan fingerprint density at radius 2 is 1.92 bits per heavy atom. The summed E-state index contributed by atoms with van der Waals surface area (Å²) < 4.78 is 1.90. The van der Waals surface area contributed by atoms with E-state index in [1.54, 1.807) is 0 Å². The number of aryl methyl sites for hydroxylation is 3. The normalized spacial score (nSPS) is 17.7. The number of hydrogen-bond donors (Lipinski definition) is 1. The molecular formula is C19H26N4O. The first-order chi connectivity index (χ1) is 11.5. The summed E-state index contributed by atoms with van der Waals surface area (Å²) >= 11 is 0. The number of aromatic nitrogens is 3. The van der Waals surface area contributed by atoms with Crippen LogP contribution < -0.4 is 5.32 Å². The van der Waals surface area contributed by atoms with Gasteiger partial charge in [0.2, 0.25) is 5.91 Å². The molecule has 4 rings (SSSR count). The van der Waals surface area contributed by atoms with Crippen LogP contribution in [0.5, 0.6) is 0 Å². The van der Waals surface area contributed by atoms with E-state index in [0.717, 1.165) is 46.5 Å². The number of carbonyl (C=O) groups excluding carboxylic acids is 1. The number of hydrogen-bond acceptors (Lipinski definition) is 3. The zero-order chi connectivity index (χ0) is 16.8. The minimum absolute atomic E-state index is 0.189. The van der Waals surface area contributed by atoms with Gasteiger partial charge in [-0.3, -0.25) is 4.79 Å². The molecular weight excluding hydrogens is 300 g/mol. The van der Waals surface area contributed by atoms with Crippen LogP contribution in [0.3, 0.4) is 0 Å². The van der Waals surface area contributed by atoms with E-state index in [4.69, 9.17) is 0 Å². The number of carbonyl (C=O) groups is 1. The molecule has 2 aliphatic rings. The fraction of sp³-hybridized carbons (Fsp3) is 0.632. The molecule has 2 fully saturated rings. The van der Waals surface area contributed by atoms with Gasteiger partial charge in [0, 0.05) is 29.9 Å². The van der Waals surface area contributed by atoms with Crippen LogP contribution in [0.25, 0.3) is 5.65 Å². The summed E-state index contributed by atoms with van der Waals surface area (Å²) in [6, 6.07) is 2.43. The lowest BCUT2D eigenvalue weighted by Crippen LogP contribution is -2.38. The van der Waals surface area contributed by atoms with Crippen molar-refractivity contribution < 1.29 is 4.79 Å². The summed E-state index contributed by atoms with van der Waals surface area (Å²) in [5.41, 5.74) is 5.11. The summed E-state index contributed by atoms with van der Waals surface area (Å²) in [7, 11) is 0. The highest BCUT2D eigenvalue weighted by Gasteiger charge is 2.42. The van der Waals surface area contributed by atoms with Gasteiger partial charge in [-0.2, -0.15) is 5.10 Å². The van der Waals surface area contributed by atoms with E-state index in [0.29, 0.717) is 12.5 Å². The van der Waals surface area contributed by atoms with Gasteiger partial charge in [0.1, 0.15) is 0 Å². The molecule has 0 unspecified atom stereocenters. The van der Waals surface area contributed by atoms with E-state index in [1.807, 2.05) is 24.4 Å². The van der Waals surface area contributed by atoms with E-state index in [9.17, 15) is 4.79 Å². The molecule has 0 spiro atoms. The highest BCUT2D eigenvalue weighted by Crippen LogP contribution is 2.44. The summed E-state index contributed by atoms with van der Waals surface area (Å²) in [5, 5.41) is 7.82. The lowest BCUT2D eigenvalue weighted by molar-refractivity contribution is -0.122. The van der Waals surface area contributed by atoms with Gasteiger partial charge in [0.05, 0.1) is 5.69 Å². The maximum Gasteiger partial charge on any atom is 0.220 e. The molecule has 5 heteroatoms. The molecule has 2 heterocycles. The van der Waals surface area contributed by atoms with E-state index < -0.39 is 0 Å². The fourth-order valence-corrected chi connectivity index (χ4v) is 3.83. The van der Waals surface area contributed by atoms with Crippen LogP contribution in [0.2, 0.25) is 0 Å². The molecule has 2 aromatic rings. The van der Waals surface area contributed by atoms with Crippen LogP contribution >= 0.6 is 0 Å². The monoisotopic (exact) mass is 326 g/mol. The topological polar surface area (TPSA) is 59.3 Å². The van der Waals surface area contributed by atoms with Crippen LogP contribution in [0.1, 0.15) is 54.7 Å². The SMILES string of the molecule is Cc1cc2nc(C)c(CCC(=O)NC(C3CC3)C3CC3)c(C)n2n1. The van der Waals surface area contributed by atoms with E-state index >= 15 is 0 Å². The van der Waals surface area contributed by atoms with Crippen molar-refractivity contribution in [3.8, 4) is 0 Å². The zero-order valence-electron chi connectivity index (χ0n) is 14.8. The van der Waals surface area contributed by atoms with Crippen molar-refractivity contribution in [2.75, 3.05) is 0 Å². The number of fused-ring (bicyclic) bond motifs is 1. The van der Waals surface area contributed by atoms with Crippen molar-refractivity contribution in [2.45, 2.75) is 65.3 Å². The van der Waals surface area contributed by atoms with Crippen LogP contribution in [-0.4, -0.2) is 26.5 Å². The van der Waals surface area contributed by atoms with Gasteiger partial charge in [-0.25, -0.2) is 9.50 Å². The third-order valence-electron chi connectivity index (χ3n) is 5.48. The average Bonchev–Trinajstić information content (AvgIpc) is 3.43. The van der Waals surface area contributed by atoms with Gasteiger partial charge in [-0.15, -0.1) is 0 Å². The maximum atomic E-state index is 12.4. The minimum Gasteiger partial charge on any atom is -0.353 e. The molecule has 0 aromatic carbocycles. The zero-order valence-corrected chi connectivity index (χ0v) is 14.8. The van der Waals surface area contributed by atoms with E-state index in [2.05, 4.69) is 22.3 Å². The highest BCUT2D eigenvalue weighted by atomic mass is 16.1. The predicted molar refractivity (Wildman–Crippen MR) is 92.9 cm³/mol. The summed E-state index contributed by atoms with van der Waals surface area (Å²) in [6.07, 6.45) is 6.42. The molecule has 128 valence electrons. The van der Waals surface area contributed by atoms with Gasteiger partial charge >= 0.3 is 0 Å². The van der Waals surface area contributed by atoms with Crippen molar-refractivity contribution >= 4 is 11.6 Å². The van der Waals surface area contributed by atoms with Crippen LogP contribution in [-0.2, 0) is 11.2 Å². The lowest BCUT2D eigenvalue weighted by atomic mass is 10.0. The number of rotatable bonds is 6. The smallest absolute Gasteiger partial charge is 0.220 e. The molecule has 0 radical (unpaired) electrons. The second-order valence-electron chi connectivity index (χ2n) is 7.59. The first-order valence-corrected chi connectivity index (χ1v) is 9.14. The van der Waals surface area contributed by atoms with Gasteiger partial charge in [0.15, 0.2) is 5.65 Å². The second kappa shape index (κ2) is 5.87. The highest BCUT2D eigenvalue weighted by molar-refractivity contribution is 5.76. The van der Waals surface area contributed by atoms with E-state index in [1.165, 1.54) is 25.7 Å². The molecule has 0 bridgehead atoms. The fourth-order valence-electron chi connectivity index (χ4n) is 3.83. The van der Waals surface area contributed by atoms with Crippen molar-refractivity contribution in [1.29, 1.82) is 0 Å². The largest absolute Gasteiger partial charge is 0.353 e. The maximum absolute atomic E-state index is 12.4. The van der Waals surface area contributed by atoms with Crippen molar-refractivity contribution in [3.63, 3.8) is 0 Å². The van der Waals surface area contributed by atoms with Gasteiger partial charge in [0.25, 0.3) is 0 Å². The quantitative estimate of drug-likeness (QED) is 0.888. The minimum atomic E-state index is 0.189. The Bertz CT molecular complexity index is 774. The van der Waals surface area contributed by atoms with Crippen molar-refractivity contribution in [1.82, 2.24) is 19.9 Å². The van der Waals surface area contributed by atoms with Crippen molar-refractivity contribution in [2.24, 2.45) is 11.8 Å². The average molecular weight is 326 g/mol. The summed E-state index contributed by atoms with van der Waals surface area (Å²) in [5.74, 6) is 1.68. The Balaban J connectivity index is 1.45. The molecule has 0 atom stereocenters. The third-order valence-corrected chi connectivity index (χ3v) is 5.48. The van der Waals surface area contributed by atoms with Gasteiger partial charge < -0.3 is 5.32 Å². The first-order valence-electron chi connectivity index (χ1n) is 9.14. The van der Waals surface area contributed by atoms with Crippen molar-refractivity contribution in [3.05, 3.63) is 28.7 Å². The lowest BCUT2D eigenvalue weighted by Gasteiger charge is -2.18. The van der Waals surface area contributed by atoms with Crippen LogP contribution in [0, 0.1) is 32.6 Å². The molecule has 2 aliphatic carbocycles. The molecule has 1 N–H and O–H groups in total. The molecule has 24 heavy (non-hydrogen) atoms. The molecule has 2 saturated carbocycles. The Hall–Kier alpha value is -1.91. The summed E-state index contributed by atoms with van der Waals surface area (Å²) in [4.78, 5) is 17.1.